The van der Waals surface area contributed by atoms with Gasteiger partial charge in [0.25, 0.3) is 0 Å². The van der Waals surface area contributed by atoms with Gasteiger partial charge >= 0.3 is 12.1 Å². The summed E-state index contributed by atoms with van der Waals surface area (Å²) in [4.78, 5) is 12.4. The van der Waals surface area contributed by atoms with Gasteiger partial charge in [0, 0.05) is 0 Å². The minimum absolute atomic E-state index is 0.0172. The molecule has 0 radical (unpaired) electrons. The number of ether oxygens (including phenoxy) is 2. The molecule has 1 aliphatic carbocycles. The second-order valence-electron chi connectivity index (χ2n) is 7.62. The highest BCUT2D eigenvalue weighted by atomic mass is 79.9. The van der Waals surface area contributed by atoms with Gasteiger partial charge in [-0.3, -0.25) is 4.79 Å². The molecule has 160 valence electrons. The molecule has 3 rings (SSSR count). The summed E-state index contributed by atoms with van der Waals surface area (Å²) >= 11 is 2.52. The fourth-order valence-electron chi connectivity index (χ4n) is 3.27. The molecule has 0 N–H and O–H groups in total. The third-order valence-electron chi connectivity index (χ3n) is 5.11. The van der Waals surface area contributed by atoms with Crippen LogP contribution in [-0.4, -0.2) is 12.1 Å². The zero-order chi connectivity index (χ0) is 22.1. The summed E-state index contributed by atoms with van der Waals surface area (Å²) in [5, 5.41) is 0. The molecule has 0 saturated heterocycles. The van der Waals surface area contributed by atoms with Crippen LogP contribution in [-0.2, 0) is 16.1 Å². The molecule has 0 bridgehead atoms. The molecule has 0 heterocycles. The van der Waals surface area contributed by atoms with Gasteiger partial charge in [0.1, 0.15) is 12.4 Å². The van der Waals surface area contributed by atoms with Crippen LogP contribution in [0.25, 0.3) is 0 Å². The maximum Gasteiger partial charge on any atom is 0.422 e. The Morgan fingerprint density at radius 1 is 1.17 bits per heavy atom. The van der Waals surface area contributed by atoms with Gasteiger partial charge in [-0.15, -0.1) is 0 Å². The molecule has 3 nitrogen and oxygen atoms in total. The fourth-order valence-corrected chi connectivity index (χ4v) is 3.55. The first-order chi connectivity index (χ1) is 14.0. The van der Waals surface area contributed by atoms with E-state index < -0.39 is 39.7 Å². The Bertz CT molecular complexity index is 955. The molecule has 2 aromatic rings. The van der Waals surface area contributed by atoms with Crippen LogP contribution in [0.1, 0.15) is 19.4 Å². The second-order valence-corrected chi connectivity index (χ2v) is 8.48. The number of hydrogen-bond donors (Lipinski definition) is 0. The Balaban J connectivity index is 1.64. The molecule has 30 heavy (non-hydrogen) atoms. The molecule has 2 unspecified atom stereocenters. The van der Waals surface area contributed by atoms with Gasteiger partial charge in [0.2, 0.25) is 0 Å². The van der Waals surface area contributed by atoms with Gasteiger partial charge in [0.05, 0.1) is 10.4 Å². The van der Waals surface area contributed by atoms with Crippen LogP contribution in [0.3, 0.4) is 0 Å². The van der Waals surface area contributed by atoms with Crippen LogP contribution in [0, 0.1) is 23.1 Å². The first-order valence-corrected chi connectivity index (χ1v) is 9.92. The first-order valence-electron chi connectivity index (χ1n) is 9.12. The highest BCUT2D eigenvalue weighted by molar-refractivity contribution is 9.11. The summed E-state index contributed by atoms with van der Waals surface area (Å²) in [6.45, 7) is 3.27. The minimum Gasteiger partial charge on any atom is -0.461 e. The van der Waals surface area contributed by atoms with E-state index in [4.69, 9.17) is 9.47 Å². The lowest BCUT2D eigenvalue weighted by Crippen LogP contribution is -2.11. The van der Waals surface area contributed by atoms with Crippen molar-refractivity contribution in [3.63, 3.8) is 0 Å². The number of allylic oxidation sites excluding steroid dienone is 2. The zero-order valence-electron chi connectivity index (χ0n) is 16.2. The summed E-state index contributed by atoms with van der Waals surface area (Å²) < 4.78 is 62.1. The summed E-state index contributed by atoms with van der Waals surface area (Å²) in [5.74, 6) is -2.01. The largest absolute Gasteiger partial charge is 0.461 e. The topological polar surface area (TPSA) is 35.5 Å². The van der Waals surface area contributed by atoms with Crippen molar-refractivity contribution >= 4 is 21.9 Å². The number of rotatable bonds is 6. The third kappa shape index (κ3) is 5.03. The molecule has 0 aliphatic heterocycles. The highest BCUT2D eigenvalue weighted by Gasteiger charge is 2.62. The van der Waals surface area contributed by atoms with Gasteiger partial charge in [0.15, 0.2) is 11.6 Å². The Hall–Kier alpha value is -2.35. The SMILES string of the molecule is CC1(C)C(C=C(Br)C(F)(F)F)C1C(=O)OCc1ccc(F)c(Oc2ccccc2)c1. The van der Waals surface area contributed by atoms with Crippen molar-refractivity contribution in [1.29, 1.82) is 0 Å². The van der Waals surface area contributed by atoms with E-state index in [2.05, 4.69) is 15.9 Å². The molecule has 0 spiro atoms. The summed E-state index contributed by atoms with van der Waals surface area (Å²) in [7, 11) is 0. The molecule has 2 aromatic carbocycles. The Morgan fingerprint density at radius 3 is 2.47 bits per heavy atom. The number of hydrogen-bond acceptors (Lipinski definition) is 3. The van der Waals surface area contributed by atoms with Gasteiger partial charge < -0.3 is 9.47 Å². The Morgan fingerprint density at radius 2 is 1.83 bits per heavy atom. The number of carbonyl (C=O) groups is 1. The molecule has 1 fully saturated rings. The normalized spacial score (nSPS) is 20.6. The Labute approximate surface area is 179 Å². The van der Waals surface area contributed by atoms with E-state index in [9.17, 15) is 22.4 Å². The van der Waals surface area contributed by atoms with Crippen LogP contribution in [0.2, 0.25) is 0 Å². The van der Waals surface area contributed by atoms with E-state index in [0.29, 0.717) is 11.3 Å². The molecule has 1 aliphatic rings. The lowest BCUT2D eigenvalue weighted by molar-refractivity contribution is -0.147. The molecule has 2 atom stereocenters. The number of esters is 1. The summed E-state index contributed by atoms with van der Waals surface area (Å²) in [6, 6.07) is 12.7. The van der Waals surface area contributed by atoms with E-state index in [-0.39, 0.29) is 12.4 Å². The molecular formula is C22H19BrF4O3. The van der Waals surface area contributed by atoms with Crippen molar-refractivity contribution < 1.29 is 31.8 Å². The minimum atomic E-state index is -4.50. The summed E-state index contributed by atoms with van der Waals surface area (Å²) in [6.07, 6.45) is -3.49. The van der Waals surface area contributed by atoms with Crippen LogP contribution >= 0.6 is 15.9 Å². The van der Waals surface area contributed by atoms with Crippen molar-refractivity contribution in [2.24, 2.45) is 17.3 Å². The highest BCUT2D eigenvalue weighted by Crippen LogP contribution is 2.60. The number of benzene rings is 2. The average molecular weight is 487 g/mol. The fraction of sp³-hybridized carbons (Fsp3) is 0.318. The number of halogens is 5. The van der Waals surface area contributed by atoms with E-state index in [0.717, 1.165) is 6.08 Å². The predicted molar refractivity (Wildman–Crippen MR) is 107 cm³/mol. The van der Waals surface area contributed by atoms with Crippen molar-refractivity contribution in [2.75, 3.05) is 0 Å². The maximum atomic E-state index is 14.0. The van der Waals surface area contributed by atoms with Crippen molar-refractivity contribution in [1.82, 2.24) is 0 Å². The Kier molecular flexibility index (Phi) is 6.26. The van der Waals surface area contributed by atoms with E-state index in [1.807, 2.05) is 0 Å². The van der Waals surface area contributed by atoms with E-state index in [1.54, 1.807) is 44.2 Å². The van der Waals surface area contributed by atoms with E-state index >= 15 is 0 Å². The van der Waals surface area contributed by atoms with E-state index in [1.165, 1.54) is 18.2 Å². The number of carbonyl (C=O) groups excluding carboxylic acids is 1. The predicted octanol–water partition coefficient (Wildman–Crippen LogP) is 6.77. The van der Waals surface area contributed by atoms with Gasteiger partial charge in [-0.25, -0.2) is 4.39 Å². The van der Waals surface area contributed by atoms with Gasteiger partial charge in [-0.05, 0) is 57.1 Å². The molecular weight excluding hydrogens is 468 g/mol. The monoisotopic (exact) mass is 486 g/mol. The van der Waals surface area contributed by atoms with Gasteiger partial charge in [-0.1, -0.05) is 44.2 Å². The van der Waals surface area contributed by atoms with Crippen LogP contribution in [0.15, 0.2) is 59.1 Å². The maximum absolute atomic E-state index is 14.0. The standard InChI is InChI=1S/C22H19BrF4O3/c1-21(2)15(11-18(23)22(25,26)27)19(21)20(28)29-12-13-8-9-16(24)17(10-13)30-14-6-4-3-5-7-14/h3-11,15,19H,12H2,1-2H3. The molecule has 1 saturated carbocycles. The molecule has 0 aromatic heterocycles. The van der Waals surface area contributed by atoms with Crippen LogP contribution in [0.4, 0.5) is 17.6 Å². The number of alkyl halides is 3. The lowest BCUT2D eigenvalue weighted by Gasteiger charge is -2.10. The zero-order valence-corrected chi connectivity index (χ0v) is 17.8. The second kappa shape index (κ2) is 8.41. The van der Waals surface area contributed by atoms with Crippen molar-refractivity contribution in [3.05, 3.63) is 70.5 Å². The van der Waals surface area contributed by atoms with Crippen molar-refractivity contribution in [2.45, 2.75) is 26.6 Å². The van der Waals surface area contributed by atoms with Crippen molar-refractivity contribution in [3.8, 4) is 11.5 Å². The summed E-state index contributed by atoms with van der Waals surface area (Å²) in [5.41, 5.74) is -0.149. The molecule has 8 heteroatoms. The third-order valence-corrected chi connectivity index (χ3v) is 5.82. The van der Waals surface area contributed by atoms with Crippen LogP contribution in [0.5, 0.6) is 11.5 Å². The quantitative estimate of drug-likeness (QED) is 0.333. The van der Waals surface area contributed by atoms with Crippen LogP contribution < -0.4 is 4.74 Å². The average Bonchev–Trinajstić information content (AvgIpc) is 3.22. The van der Waals surface area contributed by atoms with Gasteiger partial charge in [-0.2, -0.15) is 13.2 Å². The lowest BCUT2D eigenvalue weighted by atomic mass is 10.1. The smallest absolute Gasteiger partial charge is 0.422 e. The number of para-hydroxylation sites is 1. The first kappa shape index (κ1) is 22.3. The molecule has 0 amide bonds.